The van der Waals surface area contributed by atoms with E-state index in [4.69, 9.17) is 4.74 Å². The summed E-state index contributed by atoms with van der Waals surface area (Å²) in [5.41, 5.74) is 0.369. The molecule has 0 heterocycles. The van der Waals surface area contributed by atoms with E-state index in [0.717, 1.165) is 6.07 Å². The number of nitrogens with zero attached hydrogens (tertiary/aromatic N) is 1. The van der Waals surface area contributed by atoms with Gasteiger partial charge in [-0.15, -0.1) is 0 Å². The van der Waals surface area contributed by atoms with E-state index in [0.29, 0.717) is 24.2 Å². The summed E-state index contributed by atoms with van der Waals surface area (Å²) in [5.74, 6) is -0.910. The minimum Gasteiger partial charge on any atom is -0.492 e. The molecular formula is C19H22BrFN2O4S. The number of ether oxygens (including phenoxy) is 1. The number of hydrogen-bond donors (Lipinski definition) is 1. The van der Waals surface area contributed by atoms with Crippen LogP contribution in [0.1, 0.15) is 31.1 Å². The van der Waals surface area contributed by atoms with E-state index in [1.165, 1.54) is 28.6 Å². The van der Waals surface area contributed by atoms with Crippen molar-refractivity contribution in [3.05, 3.63) is 52.3 Å². The maximum Gasteiger partial charge on any atom is 0.255 e. The minimum atomic E-state index is -3.80. The maximum absolute atomic E-state index is 13.5. The van der Waals surface area contributed by atoms with Gasteiger partial charge in [0.2, 0.25) is 10.0 Å². The molecule has 0 aromatic heterocycles. The summed E-state index contributed by atoms with van der Waals surface area (Å²) in [5, 5.41) is 2.60. The lowest BCUT2D eigenvalue weighted by molar-refractivity contribution is 0.102. The Kier molecular flexibility index (Phi) is 7.56. The number of hydrogen-bond acceptors (Lipinski definition) is 4. The number of carbonyl (C=O) groups is 1. The molecule has 0 spiro atoms. The molecule has 2 aromatic rings. The fourth-order valence-corrected chi connectivity index (χ4v) is 4.73. The van der Waals surface area contributed by atoms with Gasteiger partial charge in [-0.05, 0) is 43.3 Å². The summed E-state index contributed by atoms with van der Waals surface area (Å²) >= 11 is 3.14. The van der Waals surface area contributed by atoms with E-state index in [1.807, 2.05) is 0 Å². The first-order valence-corrected chi connectivity index (χ1v) is 11.0. The molecule has 6 nitrogen and oxygen atoms in total. The van der Waals surface area contributed by atoms with Gasteiger partial charge in [0.1, 0.15) is 16.5 Å². The van der Waals surface area contributed by atoms with Crippen LogP contribution in [0.2, 0.25) is 0 Å². The number of benzene rings is 2. The summed E-state index contributed by atoms with van der Waals surface area (Å²) in [4.78, 5) is 12.4. The Morgan fingerprint density at radius 2 is 1.82 bits per heavy atom. The molecule has 0 unspecified atom stereocenters. The SMILES string of the molecule is CCOc1ccc(NC(=O)c2cc(F)cc(Br)c2)cc1S(=O)(=O)N(CC)CC. The molecule has 28 heavy (non-hydrogen) atoms. The van der Waals surface area contributed by atoms with Crippen molar-refractivity contribution in [2.75, 3.05) is 25.0 Å². The Morgan fingerprint density at radius 1 is 1.14 bits per heavy atom. The molecule has 0 radical (unpaired) electrons. The molecule has 0 aliphatic rings. The van der Waals surface area contributed by atoms with Crippen molar-refractivity contribution in [1.29, 1.82) is 0 Å². The van der Waals surface area contributed by atoms with Gasteiger partial charge in [-0.25, -0.2) is 12.8 Å². The van der Waals surface area contributed by atoms with Gasteiger partial charge < -0.3 is 10.1 Å². The van der Waals surface area contributed by atoms with Crippen molar-refractivity contribution < 1.29 is 22.3 Å². The van der Waals surface area contributed by atoms with Gasteiger partial charge in [0.25, 0.3) is 5.91 Å². The molecule has 152 valence electrons. The molecular weight excluding hydrogens is 451 g/mol. The van der Waals surface area contributed by atoms with E-state index in [1.54, 1.807) is 26.8 Å². The number of halogens is 2. The largest absolute Gasteiger partial charge is 0.492 e. The zero-order valence-corrected chi connectivity index (χ0v) is 18.2. The second kappa shape index (κ2) is 9.49. The summed E-state index contributed by atoms with van der Waals surface area (Å²) < 4.78 is 46.7. The van der Waals surface area contributed by atoms with Gasteiger partial charge in [-0.3, -0.25) is 4.79 Å². The second-order valence-electron chi connectivity index (χ2n) is 5.80. The number of carbonyl (C=O) groups excluding carboxylic acids is 1. The van der Waals surface area contributed by atoms with E-state index in [2.05, 4.69) is 21.2 Å². The number of sulfonamides is 1. The number of amides is 1. The zero-order chi connectivity index (χ0) is 20.9. The molecule has 9 heteroatoms. The predicted octanol–water partition coefficient (Wildman–Crippen LogP) is 4.27. The molecule has 0 fully saturated rings. The highest BCUT2D eigenvalue weighted by atomic mass is 79.9. The van der Waals surface area contributed by atoms with Crippen molar-refractivity contribution >= 4 is 37.5 Å². The maximum atomic E-state index is 13.5. The number of rotatable bonds is 8. The fraction of sp³-hybridized carbons (Fsp3) is 0.316. The third-order valence-electron chi connectivity index (χ3n) is 3.95. The summed E-state index contributed by atoms with van der Waals surface area (Å²) in [6, 6.07) is 8.20. The first-order chi connectivity index (χ1) is 13.2. The summed E-state index contributed by atoms with van der Waals surface area (Å²) in [6.07, 6.45) is 0. The van der Waals surface area contributed by atoms with Crippen molar-refractivity contribution in [2.24, 2.45) is 0 Å². The molecule has 0 aliphatic heterocycles. The third kappa shape index (κ3) is 5.09. The average molecular weight is 473 g/mol. The second-order valence-corrected chi connectivity index (χ2v) is 8.62. The van der Waals surface area contributed by atoms with E-state index < -0.39 is 21.7 Å². The standard InChI is InChI=1S/C19H22BrFN2O4S/c1-4-23(5-2)28(25,26)18-12-16(7-8-17(18)27-6-3)22-19(24)13-9-14(20)11-15(21)10-13/h7-12H,4-6H2,1-3H3,(H,22,24). The molecule has 1 N–H and O–H groups in total. The monoisotopic (exact) mass is 472 g/mol. The van der Waals surface area contributed by atoms with E-state index in [-0.39, 0.29) is 21.9 Å². The van der Waals surface area contributed by atoms with Gasteiger partial charge in [-0.1, -0.05) is 29.8 Å². The lowest BCUT2D eigenvalue weighted by Crippen LogP contribution is -2.31. The first-order valence-electron chi connectivity index (χ1n) is 8.77. The zero-order valence-electron chi connectivity index (χ0n) is 15.8. The Labute approximate surface area is 172 Å². The highest BCUT2D eigenvalue weighted by Gasteiger charge is 2.26. The molecule has 0 saturated carbocycles. The topological polar surface area (TPSA) is 75.7 Å². The lowest BCUT2D eigenvalue weighted by Gasteiger charge is -2.21. The lowest BCUT2D eigenvalue weighted by atomic mass is 10.2. The van der Waals surface area contributed by atoms with Crippen LogP contribution in [0.5, 0.6) is 5.75 Å². The average Bonchev–Trinajstić information content (AvgIpc) is 2.63. The molecule has 1 amide bonds. The van der Waals surface area contributed by atoms with E-state index >= 15 is 0 Å². The Hall–Kier alpha value is -1.97. The van der Waals surface area contributed by atoms with E-state index in [9.17, 15) is 17.6 Å². The highest BCUT2D eigenvalue weighted by molar-refractivity contribution is 9.10. The normalized spacial score (nSPS) is 11.5. The smallest absolute Gasteiger partial charge is 0.255 e. The fourth-order valence-electron chi connectivity index (χ4n) is 2.65. The Balaban J connectivity index is 2.43. The molecule has 0 aliphatic carbocycles. The number of anilines is 1. The van der Waals surface area contributed by atoms with Gasteiger partial charge >= 0.3 is 0 Å². The van der Waals surface area contributed by atoms with Crippen LogP contribution in [-0.4, -0.2) is 38.3 Å². The van der Waals surface area contributed by atoms with Crippen LogP contribution in [0.4, 0.5) is 10.1 Å². The van der Waals surface area contributed by atoms with Crippen LogP contribution < -0.4 is 10.1 Å². The van der Waals surface area contributed by atoms with Crippen LogP contribution in [0, 0.1) is 5.82 Å². The quantitative estimate of drug-likeness (QED) is 0.622. The third-order valence-corrected chi connectivity index (χ3v) is 6.48. The molecule has 0 saturated heterocycles. The molecule has 2 rings (SSSR count). The van der Waals surface area contributed by atoms with Crippen LogP contribution in [-0.2, 0) is 10.0 Å². The van der Waals surface area contributed by atoms with Crippen molar-refractivity contribution in [3.8, 4) is 5.75 Å². The summed E-state index contributed by atoms with van der Waals surface area (Å²) in [6.45, 7) is 6.15. The van der Waals surface area contributed by atoms with Gasteiger partial charge in [0, 0.05) is 28.8 Å². The van der Waals surface area contributed by atoms with Gasteiger partial charge in [-0.2, -0.15) is 4.31 Å². The summed E-state index contributed by atoms with van der Waals surface area (Å²) in [7, 11) is -3.80. The molecule has 2 aromatic carbocycles. The molecule has 0 bridgehead atoms. The minimum absolute atomic E-state index is 0.0312. The number of nitrogens with one attached hydrogen (secondary N) is 1. The highest BCUT2D eigenvalue weighted by Crippen LogP contribution is 2.30. The van der Waals surface area contributed by atoms with Crippen molar-refractivity contribution in [2.45, 2.75) is 25.7 Å². The van der Waals surface area contributed by atoms with Crippen LogP contribution >= 0.6 is 15.9 Å². The van der Waals surface area contributed by atoms with Crippen LogP contribution in [0.15, 0.2) is 45.8 Å². The predicted molar refractivity (Wildman–Crippen MR) is 110 cm³/mol. The first kappa shape index (κ1) is 22.3. The van der Waals surface area contributed by atoms with Crippen molar-refractivity contribution in [3.63, 3.8) is 0 Å². The Bertz CT molecular complexity index is 942. The van der Waals surface area contributed by atoms with Crippen molar-refractivity contribution in [1.82, 2.24) is 4.31 Å². The van der Waals surface area contributed by atoms with Crippen LogP contribution in [0.25, 0.3) is 0 Å². The van der Waals surface area contributed by atoms with Crippen LogP contribution in [0.3, 0.4) is 0 Å². The molecule has 0 atom stereocenters. The van der Waals surface area contributed by atoms with Gasteiger partial charge in [0.05, 0.1) is 6.61 Å². The Morgan fingerprint density at radius 3 is 2.39 bits per heavy atom. The van der Waals surface area contributed by atoms with Gasteiger partial charge in [0.15, 0.2) is 0 Å².